The van der Waals surface area contributed by atoms with Crippen molar-refractivity contribution in [1.82, 2.24) is 4.98 Å². The zero-order valence-corrected chi connectivity index (χ0v) is 7.32. The SMILES string of the molecule is O=Nc1ccc2c(Cl)nccc2c1. The average molecular weight is 193 g/mol. The third-order valence-electron chi connectivity index (χ3n) is 1.80. The fraction of sp³-hybridized carbons (Fsp3) is 0. The highest BCUT2D eigenvalue weighted by Crippen LogP contribution is 2.24. The molecule has 0 spiro atoms. The summed E-state index contributed by atoms with van der Waals surface area (Å²) >= 11 is 5.83. The van der Waals surface area contributed by atoms with Gasteiger partial charge in [-0.3, -0.25) is 0 Å². The van der Waals surface area contributed by atoms with Crippen molar-refractivity contribution < 1.29 is 0 Å². The third-order valence-corrected chi connectivity index (χ3v) is 2.11. The summed E-state index contributed by atoms with van der Waals surface area (Å²) in [6, 6.07) is 6.82. The Hall–Kier alpha value is -1.48. The highest BCUT2D eigenvalue weighted by molar-refractivity contribution is 6.34. The van der Waals surface area contributed by atoms with Gasteiger partial charge >= 0.3 is 0 Å². The van der Waals surface area contributed by atoms with Crippen molar-refractivity contribution in [1.29, 1.82) is 0 Å². The van der Waals surface area contributed by atoms with Crippen LogP contribution in [0.2, 0.25) is 5.15 Å². The van der Waals surface area contributed by atoms with Crippen LogP contribution in [0.25, 0.3) is 10.8 Å². The van der Waals surface area contributed by atoms with Crippen LogP contribution in [0.15, 0.2) is 35.6 Å². The smallest absolute Gasteiger partial charge is 0.136 e. The van der Waals surface area contributed by atoms with E-state index in [-0.39, 0.29) is 0 Å². The van der Waals surface area contributed by atoms with E-state index in [1.807, 2.05) is 0 Å². The molecule has 0 aliphatic rings. The number of nitroso groups, excluding NO2 is 1. The largest absolute Gasteiger partial charge is 0.244 e. The van der Waals surface area contributed by atoms with Gasteiger partial charge in [0.25, 0.3) is 0 Å². The summed E-state index contributed by atoms with van der Waals surface area (Å²) < 4.78 is 0. The van der Waals surface area contributed by atoms with E-state index in [4.69, 9.17) is 11.6 Å². The molecule has 0 aliphatic carbocycles. The minimum absolute atomic E-state index is 0.398. The second kappa shape index (κ2) is 3.11. The van der Waals surface area contributed by atoms with Crippen LogP contribution in [0.3, 0.4) is 0 Å². The van der Waals surface area contributed by atoms with E-state index in [0.29, 0.717) is 10.8 Å². The zero-order chi connectivity index (χ0) is 9.26. The molecule has 4 heteroatoms. The number of aromatic nitrogens is 1. The number of pyridine rings is 1. The Morgan fingerprint density at radius 2 is 2.15 bits per heavy atom. The number of rotatable bonds is 1. The van der Waals surface area contributed by atoms with Crippen LogP contribution in [0.4, 0.5) is 5.69 Å². The Bertz CT molecular complexity index is 470. The fourth-order valence-corrected chi connectivity index (χ4v) is 1.41. The molecule has 0 aliphatic heterocycles. The molecule has 2 rings (SSSR count). The van der Waals surface area contributed by atoms with Gasteiger partial charge in [0, 0.05) is 11.6 Å². The summed E-state index contributed by atoms with van der Waals surface area (Å²) in [5.74, 6) is 0. The molecule has 64 valence electrons. The van der Waals surface area contributed by atoms with Crippen LogP contribution in [-0.2, 0) is 0 Å². The minimum atomic E-state index is 0.398. The Morgan fingerprint density at radius 1 is 1.31 bits per heavy atom. The summed E-state index contributed by atoms with van der Waals surface area (Å²) in [7, 11) is 0. The number of nitrogens with zero attached hydrogens (tertiary/aromatic N) is 2. The van der Waals surface area contributed by atoms with Crippen LogP contribution in [-0.4, -0.2) is 4.98 Å². The molecule has 0 amide bonds. The van der Waals surface area contributed by atoms with Crippen LogP contribution >= 0.6 is 11.6 Å². The van der Waals surface area contributed by atoms with Crippen molar-refractivity contribution in [3.8, 4) is 0 Å². The predicted molar refractivity (Wildman–Crippen MR) is 52.2 cm³/mol. The van der Waals surface area contributed by atoms with E-state index >= 15 is 0 Å². The molecule has 0 N–H and O–H groups in total. The second-order valence-electron chi connectivity index (χ2n) is 2.60. The standard InChI is InChI=1S/C9H5ClN2O/c10-9-8-2-1-7(12-13)5-6(8)3-4-11-9/h1-5H. The maximum Gasteiger partial charge on any atom is 0.136 e. The Morgan fingerprint density at radius 3 is 2.92 bits per heavy atom. The molecule has 0 atom stereocenters. The maximum absolute atomic E-state index is 10.2. The van der Waals surface area contributed by atoms with E-state index in [1.54, 1.807) is 30.5 Å². The molecule has 1 aromatic carbocycles. The maximum atomic E-state index is 10.2. The molecule has 0 unspecified atom stereocenters. The molecule has 0 radical (unpaired) electrons. The lowest BCUT2D eigenvalue weighted by atomic mass is 10.1. The molecule has 2 aromatic rings. The molecule has 0 fully saturated rings. The topological polar surface area (TPSA) is 42.3 Å². The zero-order valence-electron chi connectivity index (χ0n) is 6.57. The Balaban J connectivity index is 2.79. The highest BCUT2D eigenvalue weighted by Gasteiger charge is 2.00. The van der Waals surface area contributed by atoms with Gasteiger partial charge in [0.1, 0.15) is 10.8 Å². The van der Waals surface area contributed by atoms with Crippen molar-refractivity contribution in [3.05, 3.63) is 40.5 Å². The molecule has 1 aromatic heterocycles. The number of halogens is 1. The number of fused-ring (bicyclic) bond motifs is 1. The summed E-state index contributed by atoms with van der Waals surface area (Å²) in [5.41, 5.74) is 0.398. The van der Waals surface area contributed by atoms with Crippen molar-refractivity contribution in [2.45, 2.75) is 0 Å². The molecule has 13 heavy (non-hydrogen) atoms. The lowest BCUT2D eigenvalue weighted by Crippen LogP contribution is -1.77. The van der Waals surface area contributed by atoms with E-state index in [1.165, 1.54) is 0 Å². The van der Waals surface area contributed by atoms with Crippen molar-refractivity contribution in [2.24, 2.45) is 5.18 Å². The summed E-state index contributed by atoms with van der Waals surface area (Å²) in [4.78, 5) is 14.2. The lowest BCUT2D eigenvalue weighted by molar-refractivity contribution is 1.36. The van der Waals surface area contributed by atoms with Crippen molar-refractivity contribution in [2.75, 3.05) is 0 Å². The van der Waals surface area contributed by atoms with Gasteiger partial charge in [0.2, 0.25) is 0 Å². The molecule has 0 saturated heterocycles. The second-order valence-corrected chi connectivity index (χ2v) is 2.96. The average Bonchev–Trinajstić information content (AvgIpc) is 2.18. The predicted octanol–water partition coefficient (Wildman–Crippen LogP) is 3.29. The van der Waals surface area contributed by atoms with Crippen molar-refractivity contribution in [3.63, 3.8) is 0 Å². The highest BCUT2D eigenvalue weighted by atomic mass is 35.5. The summed E-state index contributed by atoms with van der Waals surface area (Å²) in [6.07, 6.45) is 1.60. The normalized spacial score (nSPS) is 10.2. The first-order valence-electron chi connectivity index (χ1n) is 3.69. The van der Waals surface area contributed by atoms with Crippen LogP contribution < -0.4 is 0 Å². The number of hydrogen-bond donors (Lipinski definition) is 0. The lowest BCUT2D eigenvalue weighted by Gasteiger charge is -1.98. The van der Waals surface area contributed by atoms with Gasteiger partial charge in [-0.1, -0.05) is 11.6 Å². The third kappa shape index (κ3) is 1.38. The van der Waals surface area contributed by atoms with Gasteiger partial charge in [0.15, 0.2) is 0 Å². The molecule has 0 saturated carbocycles. The van der Waals surface area contributed by atoms with Gasteiger partial charge in [-0.25, -0.2) is 4.98 Å². The van der Waals surface area contributed by atoms with Crippen LogP contribution in [0, 0.1) is 4.91 Å². The van der Waals surface area contributed by atoms with Gasteiger partial charge in [-0.05, 0) is 34.8 Å². The first-order chi connectivity index (χ1) is 6.31. The van der Waals surface area contributed by atoms with Gasteiger partial charge in [0.05, 0.1) is 0 Å². The van der Waals surface area contributed by atoms with E-state index < -0.39 is 0 Å². The van der Waals surface area contributed by atoms with Gasteiger partial charge < -0.3 is 0 Å². The van der Waals surface area contributed by atoms with E-state index in [0.717, 1.165) is 10.8 Å². The first kappa shape index (κ1) is 8.13. The molecular weight excluding hydrogens is 188 g/mol. The minimum Gasteiger partial charge on any atom is -0.244 e. The summed E-state index contributed by atoms with van der Waals surface area (Å²) in [5, 5.41) is 4.98. The molecule has 3 nitrogen and oxygen atoms in total. The van der Waals surface area contributed by atoms with Crippen LogP contribution in [0.5, 0.6) is 0 Å². The molecule has 0 bridgehead atoms. The number of benzene rings is 1. The van der Waals surface area contributed by atoms with Gasteiger partial charge in [-0.2, -0.15) is 0 Å². The molecular formula is C9H5ClN2O. The van der Waals surface area contributed by atoms with Gasteiger partial charge in [-0.15, -0.1) is 4.91 Å². The van der Waals surface area contributed by atoms with Crippen LogP contribution in [0.1, 0.15) is 0 Å². The van der Waals surface area contributed by atoms with E-state index in [2.05, 4.69) is 10.2 Å². The fourth-order valence-electron chi connectivity index (χ4n) is 1.19. The quantitative estimate of drug-likeness (QED) is 0.514. The Labute approximate surface area is 79.3 Å². The summed E-state index contributed by atoms with van der Waals surface area (Å²) in [6.45, 7) is 0. The first-order valence-corrected chi connectivity index (χ1v) is 4.06. The van der Waals surface area contributed by atoms with Crippen molar-refractivity contribution >= 4 is 28.1 Å². The number of hydrogen-bond acceptors (Lipinski definition) is 3. The molecule has 1 heterocycles. The van der Waals surface area contributed by atoms with E-state index in [9.17, 15) is 4.91 Å². The Kier molecular flexibility index (Phi) is 1.94. The monoisotopic (exact) mass is 192 g/mol.